The lowest BCUT2D eigenvalue weighted by Gasteiger charge is -2.13. The number of hydrogen-bond donors (Lipinski definition) is 1. The number of carboxylic acid groups (broad SMARTS) is 1. The SMILES string of the molecule is COc1ccc(OC)c(-c2nnnn2C(C)CC(=O)O)c1. The standard InChI is InChI=1S/C13H16N4O4/c1-8(6-12(18)19)17-13(14-15-16-17)10-7-9(20-2)4-5-11(10)21-3/h4-5,7-8H,6H2,1-3H3,(H,18,19). The summed E-state index contributed by atoms with van der Waals surface area (Å²) in [5, 5.41) is 20.4. The van der Waals surface area contributed by atoms with Crippen LogP contribution in [-0.2, 0) is 4.79 Å². The maximum absolute atomic E-state index is 10.8. The van der Waals surface area contributed by atoms with Crippen LogP contribution in [0.4, 0.5) is 0 Å². The number of benzene rings is 1. The number of aliphatic carboxylic acids is 1. The number of tetrazole rings is 1. The van der Waals surface area contributed by atoms with Gasteiger partial charge in [-0.3, -0.25) is 4.79 Å². The largest absolute Gasteiger partial charge is 0.497 e. The van der Waals surface area contributed by atoms with E-state index in [1.165, 1.54) is 4.68 Å². The smallest absolute Gasteiger partial charge is 0.305 e. The highest BCUT2D eigenvalue weighted by Crippen LogP contribution is 2.33. The van der Waals surface area contributed by atoms with E-state index in [2.05, 4.69) is 15.5 Å². The maximum Gasteiger partial charge on any atom is 0.305 e. The number of rotatable bonds is 6. The van der Waals surface area contributed by atoms with Gasteiger partial charge in [0.05, 0.1) is 32.2 Å². The van der Waals surface area contributed by atoms with Crippen LogP contribution in [0.3, 0.4) is 0 Å². The molecule has 1 unspecified atom stereocenters. The first-order valence-corrected chi connectivity index (χ1v) is 6.29. The average molecular weight is 292 g/mol. The molecule has 1 heterocycles. The van der Waals surface area contributed by atoms with Crippen molar-refractivity contribution in [3.63, 3.8) is 0 Å². The zero-order chi connectivity index (χ0) is 15.4. The first-order valence-electron chi connectivity index (χ1n) is 6.29. The molecule has 0 fully saturated rings. The molecule has 2 aromatic rings. The van der Waals surface area contributed by atoms with Crippen molar-refractivity contribution in [2.24, 2.45) is 0 Å². The van der Waals surface area contributed by atoms with Gasteiger partial charge in [0.1, 0.15) is 11.5 Å². The number of aromatic nitrogens is 4. The van der Waals surface area contributed by atoms with Crippen LogP contribution in [0.25, 0.3) is 11.4 Å². The molecule has 0 aliphatic heterocycles. The molecule has 1 atom stereocenters. The van der Waals surface area contributed by atoms with Crippen LogP contribution < -0.4 is 9.47 Å². The third-order valence-electron chi connectivity index (χ3n) is 3.03. The molecule has 112 valence electrons. The van der Waals surface area contributed by atoms with Gasteiger partial charge in [-0.05, 0) is 35.5 Å². The number of carbonyl (C=O) groups is 1. The molecule has 1 N–H and O–H groups in total. The fraction of sp³-hybridized carbons (Fsp3) is 0.385. The van der Waals surface area contributed by atoms with Crippen molar-refractivity contribution in [2.45, 2.75) is 19.4 Å². The second kappa shape index (κ2) is 6.21. The summed E-state index contributed by atoms with van der Waals surface area (Å²) >= 11 is 0. The Labute approximate surface area is 121 Å². The first-order chi connectivity index (χ1) is 10.1. The molecule has 0 aliphatic rings. The van der Waals surface area contributed by atoms with E-state index in [1.807, 2.05) is 0 Å². The van der Waals surface area contributed by atoms with E-state index in [9.17, 15) is 4.79 Å². The predicted octanol–water partition coefficient (Wildman–Crippen LogP) is 1.39. The summed E-state index contributed by atoms with van der Waals surface area (Å²) in [5.74, 6) is 0.724. The fourth-order valence-corrected chi connectivity index (χ4v) is 2.00. The van der Waals surface area contributed by atoms with E-state index in [1.54, 1.807) is 39.3 Å². The van der Waals surface area contributed by atoms with Crippen LogP contribution in [0.5, 0.6) is 11.5 Å². The summed E-state index contributed by atoms with van der Waals surface area (Å²) in [6.45, 7) is 1.74. The van der Waals surface area contributed by atoms with E-state index in [0.29, 0.717) is 22.9 Å². The zero-order valence-corrected chi connectivity index (χ0v) is 12.0. The highest BCUT2D eigenvalue weighted by Gasteiger charge is 2.20. The molecule has 0 bridgehead atoms. The Morgan fingerprint density at radius 1 is 1.38 bits per heavy atom. The van der Waals surface area contributed by atoms with Gasteiger partial charge in [-0.2, -0.15) is 0 Å². The molecule has 0 aliphatic carbocycles. The quantitative estimate of drug-likeness (QED) is 0.858. The third kappa shape index (κ3) is 3.10. The molecule has 0 saturated carbocycles. The van der Waals surface area contributed by atoms with Gasteiger partial charge in [0.2, 0.25) is 0 Å². The van der Waals surface area contributed by atoms with Crippen molar-refractivity contribution < 1.29 is 19.4 Å². The number of carboxylic acids is 1. The Hall–Kier alpha value is -2.64. The second-order valence-corrected chi connectivity index (χ2v) is 4.46. The second-order valence-electron chi connectivity index (χ2n) is 4.46. The van der Waals surface area contributed by atoms with Crippen molar-refractivity contribution in [3.05, 3.63) is 18.2 Å². The van der Waals surface area contributed by atoms with Gasteiger partial charge in [0.25, 0.3) is 0 Å². The molecule has 0 amide bonds. The molecule has 2 rings (SSSR count). The van der Waals surface area contributed by atoms with Gasteiger partial charge < -0.3 is 14.6 Å². The van der Waals surface area contributed by atoms with Gasteiger partial charge >= 0.3 is 5.97 Å². The summed E-state index contributed by atoms with van der Waals surface area (Å²) in [6, 6.07) is 4.86. The van der Waals surface area contributed by atoms with Gasteiger partial charge in [-0.15, -0.1) is 5.10 Å². The lowest BCUT2D eigenvalue weighted by atomic mass is 10.1. The van der Waals surface area contributed by atoms with E-state index in [4.69, 9.17) is 14.6 Å². The van der Waals surface area contributed by atoms with Crippen LogP contribution in [-0.4, -0.2) is 45.5 Å². The van der Waals surface area contributed by atoms with Crippen LogP contribution in [0.15, 0.2) is 18.2 Å². The number of hydrogen-bond acceptors (Lipinski definition) is 6. The minimum atomic E-state index is -0.915. The van der Waals surface area contributed by atoms with Crippen LogP contribution in [0.2, 0.25) is 0 Å². The molecule has 1 aromatic carbocycles. The highest BCUT2D eigenvalue weighted by atomic mass is 16.5. The number of methoxy groups -OCH3 is 2. The predicted molar refractivity (Wildman–Crippen MR) is 73.3 cm³/mol. The fourth-order valence-electron chi connectivity index (χ4n) is 2.00. The number of ether oxygens (including phenoxy) is 2. The molecule has 0 saturated heterocycles. The molecule has 21 heavy (non-hydrogen) atoms. The van der Waals surface area contributed by atoms with Crippen molar-refractivity contribution in [2.75, 3.05) is 14.2 Å². The van der Waals surface area contributed by atoms with Crippen molar-refractivity contribution in [3.8, 4) is 22.9 Å². The van der Waals surface area contributed by atoms with Crippen LogP contribution in [0, 0.1) is 0 Å². The molecule has 8 nitrogen and oxygen atoms in total. The highest BCUT2D eigenvalue weighted by molar-refractivity contribution is 5.68. The molecule has 0 radical (unpaired) electrons. The molecule has 1 aromatic heterocycles. The zero-order valence-electron chi connectivity index (χ0n) is 12.0. The van der Waals surface area contributed by atoms with Gasteiger partial charge in [0.15, 0.2) is 5.82 Å². The number of nitrogens with zero attached hydrogens (tertiary/aromatic N) is 4. The van der Waals surface area contributed by atoms with Crippen molar-refractivity contribution in [1.29, 1.82) is 0 Å². The lowest BCUT2D eigenvalue weighted by Crippen LogP contribution is -2.13. The minimum absolute atomic E-state index is 0.0790. The minimum Gasteiger partial charge on any atom is -0.497 e. The van der Waals surface area contributed by atoms with Gasteiger partial charge in [-0.1, -0.05) is 0 Å². The monoisotopic (exact) mass is 292 g/mol. The van der Waals surface area contributed by atoms with E-state index >= 15 is 0 Å². The summed E-state index contributed by atoms with van der Waals surface area (Å²) in [5.41, 5.74) is 0.638. The van der Waals surface area contributed by atoms with Crippen molar-refractivity contribution in [1.82, 2.24) is 20.2 Å². The van der Waals surface area contributed by atoms with E-state index < -0.39 is 5.97 Å². The normalized spacial score (nSPS) is 12.0. The van der Waals surface area contributed by atoms with Crippen molar-refractivity contribution >= 4 is 5.97 Å². The molecule has 0 spiro atoms. The Kier molecular flexibility index (Phi) is 4.36. The summed E-state index contributed by atoms with van der Waals surface area (Å²) < 4.78 is 12.0. The summed E-state index contributed by atoms with van der Waals surface area (Å²) in [7, 11) is 3.10. The Balaban J connectivity index is 2.47. The molecular formula is C13H16N4O4. The van der Waals surface area contributed by atoms with E-state index in [-0.39, 0.29) is 12.5 Å². The van der Waals surface area contributed by atoms with E-state index in [0.717, 1.165) is 0 Å². The third-order valence-corrected chi connectivity index (χ3v) is 3.03. The lowest BCUT2D eigenvalue weighted by molar-refractivity contribution is -0.137. The summed E-state index contributed by atoms with van der Waals surface area (Å²) in [6.07, 6.45) is -0.0790. The Morgan fingerprint density at radius 2 is 2.14 bits per heavy atom. The van der Waals surface area contributed by atoms with Gasteiger partial charge in [0, 0.05) is 0 Å². The Bertz CT molecular complexity index is 641. The maximum atomic E-state index is 10.8. The summed E-state index contributed by atoms with van der Waals surface area (Å²) in [4.78, 5) is 10.8. The average Bonchev–Trinajstić information content (AvgIpc) is 2.95. The molecular weight excluding hydrogens is 276 g/mol. The van der Waals surface area contributed by atoms with Gasteiger partial charge in [-0.25, -0.2) is 4.68 Å². The Morgan fingerprint density at radius 3 is 2.76 bits per heavy atom. The molecule has 8 heteroatoms. The topological polar surface area (TPSA) is 99.4 Å². The first kappa shape index (κ1) is 14.8. The van der Waals surface area contributed by atoms with Crippen LogP contribution in [0.1, 0.15) is 19.4 Å². The van der Waals surface area contributed by atoms with Crippen LogP contribution >= 0.6 is 0 Å².